The van der Waals surface area contributed by atoms with Gasteiger partial charge >= 0.3 is 0 Å². The van der Waals surface area contributed by atoms with Crippen LogP contribution in [0.5, 0.6) is 5.75 Å². The van der Waals surface area contributed by atoms with E-state index in [2.05, 4.69) is 5.32 Å². The van der Waals surface area contributed by atoms with Crippen molar-refractivity contribution in [3.8, 4) is 5.75 Å². The summed E-state index contributed by atoms with van der Waals surface area (Å²) in [5, 5.41) is 3.33. The van der Waals surface area contributed by atoms with E-state index in [0.29, 0.717) is 6.10 Å². The molecule has 0 atom stereocenters. The predicted octanol–water partition coefficient (Wildman–Crippen LogP) is 3.11. The van der Waals surface area contributed by atoms with Crippen LogP contribution in [0.4, 0.5) is 4.39 Å². The Morgan fingerprint density at radius 2 is 1.58 bits per heavy atom. The van der Waals surface area contributed by atoms with Crippen LogP contribution in [-0.4, -0.2) is 46.1 Å². The Morgan fingerprint density at radius 1 is 1.00 bits per heavy atom. The number of piperidine rings is 1. The number of hydrogen-bond acceptors (Lipinski definition) is 5. The van der Waals surface area contributed by atoms with Gasteiger partial charge in [-0.2, -0.15) is 0 Å². The summed E-state index contributed by atoms with van der Waals surface area (Å²) < 4.78 is 49.0. The Hall–Kier alpha value is -0.890. The van der Waals surface area contributed by atoms with Crippen LogP contribution in [0.25, 0.3) is 0 Å². The van der Waals surface area contributed by atoms with Gasteiger partial charge in [-0.3, -0.25) is 0 Å². The smallest absolute Gasteiger partial charge is 0.175 e. The standard InChI is InChI=1S/C18H26FNO4S.ClH/c1-25(21,22)16-6-7-18(17(19)12-16)24-14-4-2-13(3-5-14)23-15-8-10-20-11-9-15;/h6-7,12-15,20H,2-5,8-11H2,1H3;1H/t13-,14-;. The summed E-state index contributed by atoms with van der Waals surface area (Å²) in [6.07, 6.45) is 7.23. The number of ether oxygens (including phenoxy) is 2. The number of rotatable bonds is 5. The van der Waals surface area contributed by atoms with Crippen molar-refractivity contribution in [1.82, 2.24) is 5.32 Å². The molecule has 1 aromatic rings. The Balaban J connectivity index is 0.00000243. The van der Waals surface area contributed by atoms with Crippen LogP contribution in [0.1, 0.15) is 38.5 Å². The molecule has 5 nitrogen and oxygen atoms in total. The SMILES string of the molecule is CS(=O)(=O)c1ccc(O[C@H]2CC[C@H](OC3CCNCC3)CC2)c(F)c1.Cl. The lowest BCUT2D eigenvalue weighted by Gasteiger charge is -2.33. The Morgan fingerprint density at radius 3 is 2.15 bits per heavy atom. The summed E-state index contributed by atoms with van der Waals surface area (Å²) >= 11 is 0. The molecule has 148 valence electrons. The molecule has 0 radical (unpaired) electrons. The first-order chi connectivity index (χ1) is 11.9. The second-order valence-electron chi connectivity index (χ2n) is 6.97. The van der Waals surface area contributed by atoms with E-state index < -0.39 is 15.7 Å². The molecule has 3 rings (SSSR count). The van der Waals surface area contributed by atoms with E-state index in [1.54, 1.807) is 0 Å². The van der Waals surface area contributed by atoms with Gasteiger partial charge in [-0.25, -0.2) is 12.8 Å². The highest BCUT2D eigenvalue weighted by molar-refractivity contribution is 7.90. The van der Waals surface area contributed by atoms with Crippen molar-refractivity contribution in [2.75, 3.05) is 19.3 Å². The number of halogens is 2. The van der Waals surface area contributed by atoms with Gasteiger partial charge in [-0.15, -0.1) is 12.4 Å². The van der Waals surface area contributed by atoms with Crippen molar-refractivity contribution >= 4 is 22.2 Å². The molecule has 1 saturated carbocycles. The van der Waals surface area contributed by atoms with Gasteiger partial charge in [0.1, 0.15) is 0 Å². The van der Waals surface area contributed by atoms with Crippen molar-refractivity contribution in [2.45, 2.75) is 61.7 Å². The van der Waals surface area contributed by atoms with Crippen LogP contribution >= 0.6 is 12.4 Å². The average Bonchev–Trinajstić information content (AvgIpc) is 2.58. The molecule has 0 amide bonds. The van der Waals surface area contributed by atoms with E-state index >= 15 is 0 Å². The van der Waals surface area contributed by atoms with E-state index in [9.17, 15) is 12.8 Å². The van der Waals surface area contributed by atoms with Crippen LogP contribution in [0.2, 0.25) is 0 Å². The third kappa shape index (κ3) is 5.81. The maximum absolute atomic E-state index is 14.1. The highest BCUT2D eigenvalue weighted by atomic mass is 35.5. The Kier molecular flexibility index (Phi) is 7.70. The topological polar surface area (TPSA) is 64.6 Å². The zero-order valence-corrected chi connectivity index (χ0v) is 16.6. The van der Waals surface area contributed by atoms with Crippen molar-refractivity contribution in [3.05, 3.63) is 24.0 Å². The maximum Gasteiger partial charge on any atom is 0.175 e. The van der Waals surface area contributed by atoms with E-state index in [-0.39, 0.29) is 35.3 Å². The number of nitrogens with one attached hydrogen (secondary N) is 1. The van der Waals surface area contributed by atoms with Crippen LogP contribution in [-0.2, 0) is 14.6 Å². The van der Waals surface area contributed by atoms with Gasteiger partial charge in [0.2, 0.25) is 0 Å². The molecule has 1 heterocycles. The van der Waals surface area contributed by atoms with Crippen molar-refractivity contribution in [3.63, 3.8) is 0 Å². The lowest BCUT2D eigenvalue weighted by atomic mass is 9.94. The Bertz CT molecular complexity index is 686. The van der Waals surface area contributed by atoms with Crippen molar-refractivity contribution in [1.29, 1.82) is 0 Å². The van der Waals surface area contributed by atoms with E-state index in [1.165, 1.54) is 12.1 Å². The van der Waals surface area contributed by atoms with Crippen molar-refractivity contribution in [2.24, 2.45) is 0 Å². The first-order valence-corrected chi connectivity index (χ1v) is 10.8. The second kappa shape index (κ2) is 9.35. The molecular weight excluding hydrogens is 381 g/mol. The zero-order valence-electron chi connectivity index (χ0n) is 14.9. The lowest BCUT2D eigenvalue weighted by molar-refractivity contribution is -0.0550. The molecule has 1 N–H and O–H groups in total. The van der Waals surface area contributed by atoms with Crippen molar-refractivity contribution < 1.29 is 22.3 Å². The second-order valence-corrected chi connectivity index (χ2v) is 8.98. The fraction of sp³-hybridized carbons (Fsp3) is 0.667. The summed E-state index contributed by atoms with van der Waals surface area (Å²) in [4.78, 5) is -0.0311. The maximum atomic E-state index is 14.1. The van der Waals surface area contributed by atoms with Gasteiger partial charge < -0.3 is 14.8 Å². The highest BCUT2D eigenvalue weighted by Gasteiger charge is 2.26. The van der Waals surface area contributed by atoms with Gasteiger partial charge in [0.25, 0.3) is 0 Å². The minimum Gasteiger partial charge on any atom is -0.487 e. The molecule has 0 aromatic heterocycles. The molecule has 2 fully saturated rings. The lowest BCUT2D eigenvalue weighted by Crippen LogP contribution is -2.37. The first-order valence-electron chi connectivity index (χ1n) is 8.94. The molecule has 0 unspecified atom stereocenters. The summed E-state index contributed by atoms with van der Waals surface area (Å²) in [7, 11) is -3.41. The van der Waals surface area contributed by atoms with Gasteiger partial charge in [0.05, 0.1) is 23.2 Å². The minimum absolute atomic E-state index is 0. The van der Waals surface area contributed by atoms with Crippen LogP contribution in [0.3, 0.4) is 0 Å². The van der Waals surface area contributed by atoms with E-state index in [4.69, 9.17) is 9.47 Å². The molecule has 1 aliphatic carbocycles. The number of sulfone groups is 1. The van der Waals surface area contributed by atoms with E-state index in [1.807, 2.05) is 0 Å². The van der Waals surface area contributed by atoms with Gasteiger partial charge in [0.15, 0.2) is 21.4 Å². The highest BCUT2D eigenvalue weighted by Crippen LogP contribution is 2.29. The zero-order chi connectivity index (χ0) is 17.9. The van der Waals surface area contributed by atoms with Crippen LogP contribution in [0, 0.1) is 5.82 Å². The molecule has 8 heteroatoms. The summed E-state index contributed by atoms with van der Waals surface area (Å²) in [5.41, 5.74) is 0. The fourth-order valence-corrected chi connectivity index (χ4v) is 4.11. The van der Waals surface area contributed by atoms with Crippen LogP contribution < -0.4 is 10.1 Å². The molecule has 1 saturated heterocycles. The molecule has 26 heavy (non-hydrogen) atoms. The van der Waals surface area contributed by atoms with E-state index in [0.717, 1.165) is 63.9 Å². The van der Waals surface area contributed by atoms with Crippen LogP contribution in [0.15, 0.2) is 23.1 Å². The monoisotopic (exact) mass is 407 g/mol. The molecule has 1 aromatic carbocycles. The minimum atomic E-state index is -3.41. The number of hydrogen-bond donors (Lipinski definition) is 1. The summed E-state index contributed by atoms with van der Waals surface area (Å²) in [6.45, 7) is 2.04. The first kappa shape index (κ1) is 21.4. The molecule has 0 spiro atoms. The van der Waals surface area contributed by atoms with Gasteiger partial charge in [-0.05, 0) is 69.8 Å². The third-order valence-corrected chi connectivity index (χ3v) is 6.03. The number of benzene rings is 1. The molecular formula is C18H27ClFNO4S. The quantitative estimate of drug-likeness (QED) is 0.812. The molecule has 2 aliphatic rings. The molecule has 1 aliphatic heterocycles. The predicted molar refractivity (Wildman–Crippen MR) is 100 cm³/mol. The Labute approximate surface area is 161 Å². The van der Waals surface area contributed by atoms with Gasteiger partial charge in [0, 0.05) is 6.26 Å². The summed E-state index contributed by atoms with van der Waals surface area (Å²) in [5.74, 6) is -0.508. The fourth-order valence-electron chi connectivity index (χ4n) is 3.48. The normalized spacial score (nSPS) is 24.7. The molecule has 0 bridgehead atoms. The largest absolute Gasteiger partial charge is 0.487 e. The third-order valence-electron chi connectivity index (χ3n) is 4.92. The summed E-state index contributed by atoms with van der Waals surface area (Å²) in [6, 6.07) is 3.82. The average molecular weight is 408 g/mol. The van der Waals surface area contributed by atoms with Gasteiger partial charge in [-0.1, -0.05) is 0 Å².